The molecule has 0 aliphatic heterocycles. The lowest BCUT2D eigenvalue weighted by atomic mass is 10.1. The molecule has 0 aliphatic carbocycles. The summed E-state index contributed by atoms with van der Waals surface area (Å²) in [6.07, 6.45) is 14.8. The highest BCUT2D eigenvalue weighted by molar-refractivity contribution is 5.50. The van der Waals surface area contributed by atoms with Crippen LogP contribution >= 0.6 is 0 Å². The van der Waals surface area contributed by atoms with Gasteiger partial charge >= 0.3 is 0 Å². The van der Waals surface area contributed by atoms with Crippen LogP contribution in [0, 0.1) is 20.2 Å². The zero-order valence-corrected chi connectivity index (χ0v) is 14.8. The number of nitro groups is 2. The van der Waals surface area contributed by atoms with Gasteiger partial charge in [-0.1, -0.05) is 31.9 Å². The van der Waals surface area contributed by atoms with Gasteiger partial charge in [0.05, 0.1) is 9.85 Å². The summed E-state index contributed by atoms with van der Waals surface area (Å²) in [4.78, 5) is 31.1. The fourth-order valence-corrected chi connectivity index (χ4v) is 2.15. The van der Waals surface area contributed by atoms with Crippen molar-refractivity contribution < 1.29 is 14.6 Å². The Morgan fingerprint density at radius 3 is 2.16 bits per heavy atom. The van der Waals surface area contributed by atoms with E-state index in [0.717, 1.165) is 25.7 Å². The molecule has 139 valence electrons. The Kier molecular flexibility index (Phi) is 13.8. The van der Waals surface area contributed by atoms with Crippen LogP contribution in [0.25, 0.3) is 0 Å². The van der Waals surface area contributed by atoms with Gasteiger partial charge < -0.3 is 0 Å². The van der Waals surface area contributed by atoms with E-state index in [-0.39, 0.29) is 17.8 Å². The molecule has 1 radical (unpaired) electrons. The molecule has 0 spiro atoms. The predicted octanol–water partition coefficient (Wildman–Crippen LogP) is 4.89. The summed E-state index contributed by atoms with van der Waals surface area (Å²) in [6, 6.07) is 0. The maximum atomic E-state index is 11.1. The van der Waals surface area contributed by atoms with Crippen molar-refractivity contribution in [3.63, 3.8) is 0 Å². The minimum atomic E-state index is -0.580. The van der Waals surface area contributed by atoms with Crippen molar-refractivity contribution >= 4 is 6.29 Å². The third-order valence-electron chi connectivity index (χ3n) is 3.57. The monoisotopic (exact) mass is 351 g/mol. The van der Waals surface area contributed by atoms with Crippen LogP contribution in [0.3, 0.4) is 0 Å². The smallest absolute Gasteiger partial charge is 0.253 e. The molecule has 7 nitrogen and oxygen atoms in total. The Morgan fingerprint density at radius 1 is 0.920 bits per heavy atom. The van der Waals surface area contributed by atoms with Gasteiger partial charge in [0.15, 0.2) is 6.29 Å². The highest BCUT2D eigenvalue weighted by Crippen LogP contribution is 2.15. The number of nitrogens with zero attached hydrogens (tertiary/aromatic N) is 2. The Morgan fingerprint density at radius 2 is 1.56 bits per heavy atom. The summed E-state index contributed by atoms with van der Waals surface area (Å²) in [7, 11) is 0. The fraction of sp³-hybridized carbons (Fsp3) is 0.611. The van der Waals surface area contributed by atoms with Crippen molar-refractivity contribution in [2.45, 2.75) is 71.1 Å². The molecule has 0 saturated heterocycles. The Bertz CT molecular complexity index is 510. The van der Waals surface area contributed by atoms with E-state index in [1.807, 2.05) is 12.2 Å². The molecule has 0 bridgehead atoms. The molecule has 0 atom stereocenters. The minimum absolute atomic E-state index is 0.164. The lowest BCUT2D eigenvalue weighted by Gasteiger charge is -1.99. The van der Waals surface area contributed by atoms with Crippen LogP contribution in [0.2, 0.25) is 0 Å². The number of allylic oxidation sites excluding steroid dienone is 4. The molecule has 0 fully saturated rings. The molecule has 0 amide bonds. The first kappa shape index (κ1) is 22.7. The van der Waals surface area contributed by atoms with E-state index in [1.54, 1.807) is 6.29 Å². The third-order valence-corrected chi connectivity index (χ3v) is 3.57. The zero-order chi connectivity index (χ0) is 18.9. The fourth-order valence-electron chi connectivity index (χ4n) is 2.15. The average molecular weight is 351 g/mol. The lowest BCUT2D eigenvalue weighted by molar-refractivity contribution is -0.450. The van der Waals surface area contributed by atoms with E-state index >= 15 is 0 Å². The molecule has 0 heterocycles. The van der Waals surface area contributed by atoms with Gasteiger partial charge in [0.1, 0.15) is 6.42 Å². The van der Waals surface area contributed by atoms with Crippen LogP contribution in [0.15, 0.2) is 35.7 Å². The van der Waals surface area contributed by atoms with E-state index in [1.165, 1.54) is 12.2 Å². The molecule has 0 aliphatic rings. The molecule has 0 unspecified atom stereocenters. The molecule has 0 rings (SSSR count). The van der Waals surface area contributed by atoms with Gasteiger partial charge in [-0.25, -0.2) is 0 Å². The first-order valence-corrected chi connectivity index (χ1v) is 8.69. The summed E-state index contributed by atoms with van der Waals surface area (Å²) in [6.45, 7) is 2.12. The van der Waals surface area contributed by atoms with E-state index < -0.39 is 9.85 Å². The van der Waals surface area contributed by atoms with E-state index in [9.17, 15) is 25.0 Å². The van der Waals surface area contributed by atoms with Crippen molar-refractivity contribution in [1.82, 2.24) is 0 Å². The standard InChI is InChI=1S/C18H27N2O5/c1-2-3-4-5-6-7-10-13-17(19(22)23)16-18(20(24)25)14-11-8-9-12-15-21/h6-7,13-14H,2-5,8-12,16H2,1H3/b7-6+,17-13-,18-14-. The molecule has 0 aromatic carbocycles. The third kappa shape index (κ3) is 12.7. The number of unbranched alkanes of at least 4 members (excludes halogenated alkanes) is 6. The zero-order valence-electron chi connectivity index (χ0n) is 14.8. The van der Waals surface area contributed by atoms with Crippen LogP contribution in [-0.2, 0) is 4.79 Å². The van der Waals surface area contributed by atoms with Crippen molar-refractivity contribution in [2.24, 2.45) is 0 Å². The number of carbonyl (C=O) groups excluding carboxylic acids is 1. The highest BCUT2D eigenvalue weighted by atomic mass is 16.6. The van der Waals surface area contributed by atoms with Crippen molar-refractivity contribution in [3.8, 4) is 0 Å². The van der Waals surface area contributed by atoms with E-state index in [2.05, 4.69) is 6.92 Å². The van der Waals surface area contributed by atoms with Gasteiger partial charge in [-0.05, 0) is 50.7 Å². The SMILES string of the molecule is CCCCC/C=C/C/C=C(/C/C(=C/CCCC[C]=O)[N+](=O)[O-])[N+](=O)[O-]. The predicted molar refractivity (Wildman–Crippen MR) is 96.8 cm³/mol. The Labute approximate surface area is 148 Å². The highest BCUT2D eigenvalue weighted by Gasteiger charge is 2.20. The molecule has 25 heavy (non-hydrogen) atoms. The topological polar surface area (TPSA) is 103 Å². The Hall–Kier alpha value is -2.31. The second kappa shape index (κ2) is 15.2. The second-order valence-electron chi connectivity index (χ2n) is 5.67. The van der Waals surface area contributed by atoms with Gasteiger partial charge in [-0.2, -0.15) is 0 Å². The van der Waals surface area contributed by atoms with Crippen LogP contribution in [-0.4, -0.2) is 16.1 Å². The largest absolute Gasteiger partial charge is 0.291 e. The minimum Gasteiger partial charge on any atom is -0.291 e. The summed E-state index contributed by atoms with van der Waals surface area (Å²) in [5.41, 5.74) is -0.340. The van der Waals surface area contributed by atoms with E-state index in [4.69, 9.17) is 0 Å². The summed E-state index contributed by atoms with van der Waals surface area (Å²) in [5.74, 6) is 0. The summed E-state index contributed by atoms with van der Waals surface area (Å²) < 4.78 is 0. The Balaban J connectivity index is 4.63. The van der Waals surface area contributed by atoms with Crippen molar-refractivity contribution in [3.05, 3.63) is 55.9 Å². The maximum absolute atomic E-state index is 11.1. The van der Waals surface area contributed by atoms with Crippen LogP contribution in [0.5, 0.6) is 0 Å². The summed E-state index contributed by atoms with van der Waals surface area (Å²) in [5, 5.41) is 22.2. The number of rotatable bonds is 15. The quantitative estimate of drug-likeness (QED) is 0.181. The lowest BCUT2D eigenvalue weighted by Crippen LogP contribution is -2.06. The number of hydrogen-bond donors (Lipinski definition) is 0. The van der Waals surface area contributed by atoms with Crippen LogP contribution in [0.1, 0.15) is 71.1 Å². The number of hydrogen-bond acceptors (Lipinski definition) is 5. The van der Waals surface area contributed by atoms with Crippen LogP contribution in [0.4, 0.5) is 0 Å². The second-order valence-corrected chi connectivity index (χ2v) is 5.67. The maximum Gasteiger partial charge on any atom is 0.253 e. The molecule has 7 heteroatoms. The van der Waals surface area contributed by atoms with Gasteiger partial charge in [0, 0.05) is 6.42 Å². The average Bonchev–Trinajstić information content (AvgIpc) is 2.57. The first-order chi connectivity index (χ1) is 12.0. The van der Waals surface area contributed by atoms with Gasteiger partial charge in [-0.15, -0.1) is 0 Å². The molecular formula is C18H27N2O5. The van der Waals surface area contributed by atoms with E-state index in [0.29, 0.717) is 32.1 Å². The van der Waals surface area contributed by atoms with Crippen LogP contribution < -0.4 is 0 Å². The first-order valence-electron chi connectivity index (χ1n) is 8.69. The molecular weight excluding hydrogens is 324 g/mol. The van der Waals surface area contributed by atoms with Gasteiger partial charge in [0.2, 0.25) is 0 Å². The molecule has 0 aromatic heterocycles. The van der Waals surface area contributed by atoms with Crippen molar-refractivity contribution in [2.75, 3.05) is 0 Å². The van der Waals surface area contributed by atoms with Gasteiger partial charge in [0.25, 0.3) is 11.4 Å². The summed E-state index contributed by atoms with van der Waals surface area (Å²) >= 11 is 0. The van der Waals surface area contributed by atoms with Gasteiger partial charge in [-0.3, -0.25) is 25.0 Å². The molecule has 0 aromatic rings. The normalized spacial score (nSPS) is 12.5. The molecule has 0 N–H and O–H groups in total. The molecule has 0 saturated carbocycles. The van der Waals surface area contributed by atoms with Crippen molar-refractivity contribution in [1.29, 1.82) is 0 Å².